The molecule has 534 valence electrons. The van der Waals surface area contributed by atoms with Gasteiger partial charge in [-0.3, -0.25) is 37.3 Å². The predicted octanol–water partition coefficient (Wildman–Crippen LogP) is 20.1. The van der Waals surface area contributed by atoms with Crippen LogP contribution < -0.4 is 0 Å². The molecule has 0 heterocycles. The average Bonchev–Trinajstić information content (AvgIpc) is 3.69. The van der Waals surface area contributed by atoms with Crippen molar-refractivity contribution >= 4 is 39.5 Å². The first kappa shape index (κ1) is 88.1. The molecule has 19 heteroatoms. The van der Waals surface area contributed by atoms with Crippen LogP contribution in [0.1, 0.15) is 351 Å². The number of carbonyl (C=O) groups is 4. The number of hydrogen-bond acceptors (Lipinski definition) is 15. The van der Waals surface area contributed by atoms with Gasteiger partial charge in [0.2, 0.25) is 0 Å². The van der Waals surface area contributed by atoms with Crippen molar-refractivity contribution in [2.75, 3.05) is 39.6 Å². The van der Waals surface area contributed by atoms with Crippen LogP contribution >= 0.6 is 15.6 Å². The minimum Gasteiger partial charge on any atom is -0.462 e. The quantitative estimate of drug-likeness (QED) is 0.0222. The summed E-state index contributed by atoms with van der Waals surface area (Å²) in [7, 11) is -9.90. The second-order valence-electron chi connectivity index (χ2n) is 27.3. The average molecular weight is 1330 g/mol. The third-order valence-corrected chi connectivity index (χ3v) is 18.6. The number of aliphatic hydroxyl groups is 1. The van der Waals surface area contributed by atoms with Crippen molar-refractivity contribution in [2.24, 2.45) is 23.7 Å². The first-order valence-electron chi connectivity index (χ1n) is 36.7. The maximum absolute atomic E-state index is 13.0. The van der Waals surface area contributed by atoms with Gasteiger partial charge in [0.15, 0.2) is 12.2 Å². The van der Waals surface area contributed by atoms with Crippen molar-refractivity contribution in [3.8, 4) is 0 Å². The molecule has 0 aromatic heterocycles. The molecule has 0 aliphatic rings. The minimum atomic E-state index is -4.95. The summed E-state index contributed by atoms with van der Waals surface area (Å²) >= 11 is 0. The van der Waals surface area contributed by atoms with Gasteiger partial charge in [-0.25, -0.2) is 9.13 Å². The van der Waals surface area contributed by atoms with E-state index in [-0.39, 0.29) is 25.7 Å². The smallest absolute Gasteiger partial charge is 0.462 e. The molecule has 4 unspecified atom stereocenters. The highest BCUT2D eigenvalue weighted by molar-refractivity contribution is 7.47. The highest BCUT2D eigenvalue weighted by Gasteiger charge is 2.30. The molecule has 0 saturated carbocycles. The molecule has 0 rings (SSSR count). The van der Waals surface area contributed by atoms with Crippen LogP contribution in [0, 0.1) is 23.7 Å². The van der Waals surface area contributed by atoms with Crippen molar-refractivity contribution in [3.63, 3.8) is 0 Å². The summed E-state index contributed by atoms with van der Waals surface area (Å²) in [5.41, 5.74) is 0. The lowest BCUT2D eigenvalue weighted by Crippen LogP contribution is -2.30. The maximum Gasteiger partial charge on any atom is 0.472 e. The summed E-state index contributed by atoms with van der Waals surface area (Å²) < 4.78 is 68.2. The Kier molecular flexibility index (Phi) is 59.4. The minimum absolute atomic E-state index is 0.101. The highest BCUT2D eigenvalue weighted by atomic mass is 31.2. The lowest BCUT2D eigenvalue weighted by atomic mass is 9.99. The van der Waals surface area contributed by atoms with Gasteiger partial charge in [0.25, 0.3) is 0 Å². The maximum atomic E-state index is 13.0. The normalized spacial score (nSPS) is 14.6. The van der Waals surface area contributed by atoms with Crippen LogP contribution in [-0.4, -0.2) is 96.7 Å². The van der Waals surface area contributed by atoms with Crippen LogP contribution in [0.2, 0.25) is 0 Å². The Labute approximate surface area is 549 Å². The third-order valence-electron chi connectivity index (χ3n) is 16.7. The van der Waals surface area contributed by atoms with Gasteiger partial charge < -0.3 is 33.8 Å². The summed E-state index contributed by atoms with van der Waals surface area (Å²) in [5.74, 6) is 0.827. The van der Waals surface area contributed by atoms with E-state index in [4.69, 9.17) is 37.0 Å². The molecule has 0 bridgehead atoms. The fraction of sp³-hybridized carbons (Fsp3) is 0.944. The largest absolute Gasteiger partial charge is 0.472 e. The molecule has 0 fully saturated rings. The van der Waals surface area contributed by atoms with Crippen LogP contribution in [-0.2, 0) is 65.4 Å². The monoisotopic (exact) mass is 1320 g/mol. The summed E-state index contributed by atoms with van der Waals surface area (Å²) in [4.78, 5) is 72.5. The van der Waals surface area contributed by atoms with Crippen LogP contribution in [0.3, 0.4) is 0 Å². The Morgan fingerprint density at radius 1 is 0.311 bits per heavy atom. The second kappa shape index (κ2) is 60.7. The van der Waals surface area contributed by atoms with Crippen LogP contribution in [0.15, 0.2) is 0 Å². The van der Waals surface area contributed by atoms with Crippen molar-refractivity contribution in [2.45, 2.75) is 369 Å². The van der Waals surface area contributed by atoms with Crippen molar-refractivity contribution < 1.29 is 80.2 Å². The molecule has 0 spiro atoms. The summed E-state index contributed by atoms with van der Waals surface area (Å²) in [6.07, 6.45) is 43.4. The predicted molar refractivity (Wildman–Crippen MR) is 363 cm³/mol. The third kappa shape index (κ3) is 63.5. The van der Waals surface area contributed by atoms with Crippen molar-refractivity contribution in [1.29, 1.82) is 0 Å². The molecule has 17 nitrogen and oxygen atoms in total. The number of ether oxygens (including phenoxy) is 4. The van der Waals surface area contributed by atoms with E-state index in [1.165, 1.54) is 148 Å². The Morgan fingerprint density at radius 2 is 0.533 bits per heavy atom. The van der Waals surface area contributed by atoms with E-state index in [0.717, 1.165) is 108 Å². The molecule has 6 atom stereocenters. The van der Waals surface area contributed by atoms with E-state index >= 15 is 0 Å². The van der Waals surface area contributed by atoms with Gasteiger partial charge in [0, 0.05) is 25.7 Å². The Hall–Kier alpha value is -1.94. The van der Waals surface area contributed by atoms with Gasteiger partial charge in [-0.15, -0.1) is 0 Å². The van der Waals surface area contributed by atoms with E-state index in [1.807, 2.05) is 0 Å². The molecule has 0 aliphatic heterocycles. The number of carbonyl (C=O) groups excluding carboxylic acids is 4. The first-order chi connectivity index (χ1) is 43.1. The number of esters is 4. The molecule has 0 amide bonds. The highest BCUT2D eigenvalue weighted by Crippen LogP contribution is 2.45. The summed E-state index contributed by atoms with van der Waals surface area (Å²) in [6, 6.07) is 0. The molecule has 90 heavy (non-hydrogen) atoms. The molecular weight excluding hydrogens is 1190 g/mol. The van der Waals surface area contributed by atoms with Gasteiger partial charge in [-0.05, 0) is 49.4 Å². The van der Waals surface area contributed by atoms with Gasteiger partial charge in [-0.1, -0.05) is 299 Å². The zero-order valence-corrected chi connectivity index (χ0v) is 60.6. The fourth-order valence-corrected chi connectivity index (χ4v) is 12.2. The lowest BCUT2D eigenvalue weighted by Gasteiger charge is -2.21. The zero-order chi connectivity index (χ0) is 66.8. The van der Waals surface area contributed by atoms with Crippen molar-refractivity contribution in [1.82, 2.24) is 0 Å². The molecule has 3 N–H and O–H groups in total. The van der Waals surface area contributed by atoms with Crippen molar-refractivity contribution in [3.05, 3.63) is 0 Å². The van der Waals surface area contributed by atoms with E-state index in [2.05, 4.69) is 55.4 Å². The van der Waals surface area contributed by atoms with E-state index in [1.54, 1.807) is 0 Å². The number of unbranched alkanes of at least 4 members (excludes halogenated alkanes) is 33. The SMILES string of the molecule is CCC(C)CCCCCCCCCCCCC(=O)OC[C@H](COP(=O)(O)OCC(O)COP(=O)(O)OC[C@@H](COC(=O)CCCCCCCCC(C)C)OC(=O)CCCCCCCCCCCCCCCCCC(C)C)OC(=O)CCCCCCCCC(C)C. The Balaban J connectivity index is 5.18. The first-order valence-corrected chi connectivity index (χ1v) is 39.7. The number of hydrogen-bond donors (Lipinski definition) is 3. The summed E-state index contributed by atoms with van der Waals surface area (Å²) in [6.45, 7) is 14.0. The molecule has 0 saturated heterocycles. The van der Waals surface area contributed by atoms with Crippen LogP contribution in [0.4, 0.5) is 0 Å². The summed E-state index contributed by atoms with van der Waals surface area (Å²) in [5, 5.41) is 10.6. The number of phosphoric ester groups is 2. The van der Waals surface area contributed by atoms with Gasteiger partial charge in [-0.2, -0.15) is 0 Å². The van der Waals surface area contributed by atoms with E-state index in [9.17, 15) is 43.2 Å². The Bertz CT molecular complexity index is 1780. The van der Waals surface area contributed by atoms with E-state index in [0.29, 0.717) is 37.5 Å². The van der Waals surface area contributed by atoms with Gasteiger partial charge in [0.1, 0.15) is 19.3 Å². The number of aliphatic hydroxyl groups excluding tert-OH is 1. The number of rotatable bonds is 68. The second-order valence-corrected chi connectivity index (χ2v) is 30.2. The van der Waals surface area contributed by atoms with Crippen LogP contribution in [0.5, 0.6) is 0 Å². The Morgan fingerprint density at radius 3 is 0.789 bits per heavy atom. The number of phosphoric acid groups is 2. The van der Waals surface area contributed by atoms with Crippen LogP contribution in [0.25, 0.3) is 0 Å². The topological polar surface area (TPSA) is 237 Å². The van der Waals surface area contributed by atoms with Gasteiger partial charge >= 0.3 is 39.5 Å². The molecule has 0 aromatic rings. The standard InChI is InChI=1S/C71H138O17P2/c1-9-64(8)50-42-34-24-20-17-18-21-25-35-43-51-68(73)81-57-67(88-71(76)54-46-38-30-28-33-41-49-63(6)7)60-86-90(79,80)84-56-65(72)55-83-89(77,78)85-59-66(58-82-69(74)52-44-36-29-27-32-40-48-62(4)5)87-70(75)53-45-37-26-22-16-14-12-10-11-13-15-19-23-31-39-47-61(2)3/h61-67,72H,9-60H2,1-8H3,(H,77,78)(H,79,80)/t64?,65?,66-,67-/m1/s1. The fourth-order valence-electron chi connectivity index (χ4n) is 10.6. The molecular formula is C71H138O17P2. The van der Waals surface area contributed by atoms with E-state index < -0.39 is 97.5 Å². The zero-order valence-electron chi connectivity index (χ0n) is 58.8. The van der Waals surface area contributed by atoms with Gasteiger partial charge in [0.05, 0.1) is 26.4 Å². The molecule has 0 radical (unpaired) electrons. The lowest BCUT2D eigenvalue weighted by molar-refractivity contribution is -0.161. The molecule has 0 aromatic carbocycles. The molecule has 0 aliphatic carbocycles.